The summed E-state index contributed by atoms with van der Waals surface area (Å²) < 4.78 is 17.8. The molecule has 0 radical (unpaired) electrons. The lowest BCUT2D eigenvalue weighted by molar-refractivity contribution is -0.137. The molecule has 0 amide bonds. The summed E-state index contributed by atoms with van der Waals surface area (Å²) in [6.45, 7) is 1.77. The molecule has 20 heavy (non-hydrogen) atoms. The van der Waals surface area contributed by atoms with Gasteiger partial charge in [0.15, 0.2) is 0 Å². The zero-order chi connectivity index (χ0) is 14.4. The number of rotatable bonds is 3. The number of hydrogen-bond donors (Lipinski definition) is 0. The minimum absolute atomic E-state index is 0.192. The topological polar surface area (TPSA) is 26.3 Å². The van der Waals surface area contributed by atoms with Crippen molar-refractivity contribution in [1.29, 1.82) is 0 Å². The molecule has 0 N–H and O–H groups in total. The summed E-state index contributed by atoms with van der Waals surface area (Å²) >= 11 is 0. The Kier molecular flexibility index (Phi) is 4.52. The first-order chi connectivity index (χ1) is 9.69. The highest BCUT2D eigenvalue weighted by Crippen LogP contribution is 2.20. The molecule has 2 aromatic rings. The minimum Gasteiger partial charge on any atom is -0.451 e. The van der Waals surface area contributed by atoms with Crippen molar-refractivity contribution < 1.29 is 13.9 Å². The zero-order valence-electron chi connectivity index (χ0n) is 11.0. The van der Waals surface area contributed by atoms with Crippen LogP contribution in [-0.2, 0) is 16.1 Å². The Hall–Kier alpha value is -2.60. The molecular formula is C17H13FO2. The van der Waals surface area contributed by atoms with Crippen LogP contribution < -0.4 is 0 Å². The SMILES string of the molecule is CC#CC(=O)OCc1ccc(-c2ccc(F)cc2)cc1. The largest absolute Gasteiger partial charge is 0.451 e. The fourth-order valence-electron chi connectivity index (χ4n) is 1.72. The molecule has 3 heteroatoms. The monoisotopic (exact) mass is 268 g/mol. The van der Waals surface area contributed by atoms with Gasteiger partial charge in [0.25, 0.3) is 0 Å². The molecule has 0 saturated carbocycles. The molecule has 0 saturated heterocycles. The molecule has 0 atom stereocenters. The predicted molar refractivity (Wildman–Crippen MR) is 75.1 cm³/mol. The maximum Gasteiger partial charge on any atom is 0.384 e. The van der Waals surface area contributed by atoms with Crippen LogP contribution in [0.1, 0.15) is 12.5 Å². The van der Waals surface area contributed by atoms with Gasteiger partial charge in [-0.15, -0.1) is 0 Å². The first-order valence-corrected chi connectivity index (χ1v) is 6.13. The Labute approximate surface area is 117 Å². The molecule has 0 unspecified atom stereocenters. The van der Waals surface area contributed by atoms with Gasteiger partial charge in [0.05, 0.1) is 0 Å². The maximum absolute atomic E-state index is 12.8. The van der Waals surface area contributed by atoms with Gasteiger partial charge in [0.1, 0.15) is 12.4 Å². The van der Waals surface area contributed by atoms with Gasteiger partial charge in [-0.3, -0.25) is 0 Å². The van der Waals surface area contributed by atoms with Crippen molar-refractivity contribution >= 4 is 5.97 Å². The van der Waals surface area contributed by atoms with Crippen LogP contribution in [0.2, 0.25) is 0 Å². The predicted octanol–water partition coefficient (Wildman–Crippen LogP) is 3.56. The van der Waals surface area contributed by atoms with Crippen LogP contribution in [0.15, 0.2) is 48.5 Å². The second kappa shape index (κ2) is 6.53. The summed E-state index contributed by atoms with van der Waals surface area (Å²) in [7, 11) is 0. The van der Waals surface area contributed by atoms with E-state index in [0.29, 0.717) is 0 Å². The lowest BCUT2D eigenvalue weighted by Gasteiger charge is -2.04. The lowest BCUT2D eigenvalue weighted by Crippen LogP contribution is -2.01. The van der Waals surface area contributed by atoms with Gasteiger partial charge in [-0.2, -0.15) is 0 Å². The fraction of sp³-hybridized carbons (Fsp3) is 0.118. The van der Waals surface area contributed by atoms with E-state index in [9.17, 15) is 9.18 Å². The van der Waals surface area contributed by atoms with E-state index in [2.05, 4.69) is 11.8 Å². The Morgan fingerprint density at radius 1 is 1.05 bits per heavy atom. The Bertz CT molecular complexity index is 646. The zero-order valence-corrected chi connectivity index (χ0v) is 11.0. The number of esters is 1. The second-order valence-electron chi connectivity index (χ2n) is 4.15. The van der Waals surface area contributed by atoms with E-state index < -0.39 is 5.97 Å². The summed E-state index contributed by atoms with van der Waals surface area (Å²) in [5.41, 5.74) is 2.79. The third kappa shape index (κ3) is 3.69. The first kappa shape index (κ1) is 13.8. The van der Waals surface area contributed by atoms with Crippen molar-refractivity contribution in [2.45, 2.75) is 13.5 Å². The van der Waals surface area contributed by atoms with Gasteiger partial charge in [-0.25, -0.2) is 9.18 Å². The van der Waals surface area contributed by atoms with Gasteiger partial charge in [0.2, 0.25) is 0 Å². The van der Waals surface area contributed by atoms with Crippen LogP contribution in [-0.4, -0.2) is 5.97 Å². The molecule has 0 aliphatic heterocycles. The van der Waals surface area contributed by atoms with Gasteiger partial charge >= 0.3 is 5.97 Å². The molecule has 0 aliphatic carbocycles. The van der Waals surface area contributed by atoms with E-state index in [4.69, 9.17) is 4.74 Å². The van der Waals surface area contributed by atoms with Gasteiger partial charge in [-0.1, -0.05) is 42.3 Å². The van der Waals surface area contributed by atoms with E-state index in [1.54, 1.807) is 19.1 Å². The smallest absolute Gasteiger partial charge is 0.384 e. The number of carbonyl (C=O) groups is 1. The van der Waals surface area contributed by atoms with Crippen LogP contribution in [0.3, 0.4) is 0 Å². The first-order valence-electron chi connectivity index (χ1n) is 6.13. The molecule has 2 rings (SSSR count). The van der Waals surface area contributed by atoms with Crippen molar-refractivity contribution in [3.63, 3.8) is 0 Å². The Morgan fingerprint density at radius 3 is 2.15 bits per heavy atom. The average molecular weight is 268 g/mol. The average Bonchev–Trinajstić information content (AvgIpc) is 2.47. The van der Waals surface area contributed by atoms with Crippen LogP contribution in [0, 0.1) is 17.7 Å². The summed E-state index contributed by atoms with van der Waals surface area (Å²) in [6.07, 6.45) is 0. The molecule has 100 valence electrons. The lowest BCUT2D eigenvalue weighted by atomic mass is 10.0. The van der Waals surface area contributed by atoms with E-state index in [-0.39, 0.29) is 12.4 Å². The van der Waals surface area contributed by atoms with E-state index >= 15 is 0 Å². The second-order valence-corrected chi connectivity index (χ2v) is 4.15. The van der Waals surface area contributed by atoms with E-state index in [1.807, 2.05) is 24.3 Å². The summed E-state index contributed by atoms with van der Waals surface area (Å²) in [6, 6.07) is 13.8. The highest BCUT2D eigenvalue weighted by Gasteiger charge is 2.01. The van der Waals surface area contributed by atoms with Crippen molar-refractivity contribution in [3.8, 4) is 23.0 Å². The highest BCUT2D eigenvalue weighted by atomic mass is 19.1. The number of hydrogen-bond acceptors (Lipinski definition) is 2. The number of ether oxygens (including phenoxy) is 1. The van der Waals surface area contributed by atoms with Gasteiger partial charge in [-0.05, 0) is 35.7 Å². The van der Waals surface area contributed by atoms with E-state index in [0.717, 1.165) is 16.7 Å². The van der Waals surface area contributed by atoms with Crippen molar-refractivity contribution in [1.82, 2.24) is 0 Å². The summed E-state index contributed by atoms with van der Waals surface area (Å²) in [5, 5.41) is 0. The molecule has 0 aliphatic rings. The minimum atomic E-state index is -0.532. The Morgan fingerprint density at radius 2 is 1.60 bits per heavy atom. The van der Waals surface area contributed by atoms with Crippen LogP contribution in [0.25, 0.3) is 11.1 Å². The van der Waals surface area contributed by atoms with Gasteiger partial charge in [0, 0.05) is 5.92 Å². The standard InChI is InChI=1S/C17H13FO2/c1-2-3-17(19)20-12-13-4-6-14(7-5-13)15-8-10-16(18)11-9-15/h4-11H,12H2,1H3. The maximum atomic E-state index is 12.8. The molecule has 0 heterocycles. The third-order valence-electron chi connectivity index (χ3n) is 2.73. The number of halogens is 1. The number of benzene rings is 2. The van der Waals surface area contributed by atoms with Crippen LogP contribution in [0.4, 0.5) is 4.39 Å². The molecule has 2 nitrogen and oxygen atoms in total. The quantitative estimate of drug-likeness (QED) is 0.483. The molecule has 0 spiro atoms. The number of carbonyl (C=O) groups excluding carboxylic acids is 1. The third-order valence-corrected chi connectivity index (χ3v) is 2.73. The van der Waals surface area contributed by atoms with Crippen molar-refractivity contribution in [2.75, 3.05) is 0 Å². The van der Waals surface area contributed by atoms with Crippen LogP contribution in [0.5, 0.6) is 0 Å². The van der Waals surface area contributed by atoms with Crippen molar-refractivity contribution in [2.24, 2.45) is 0 Å². The molecule has 0 bridgehead atoms. The van der Waals surface area contributed by atoms with Crippen molar-refractivity contribution in [3.05, 3.63) is 59.9 Å². The normalized spacial score (nSPS) is 9.50. The fourth-order valence-corrected chi connectivity index (χ4v) is 1.72. The molecule has 0 aromatic heterocycles. The van der Waals surface area contributed by atoms with E-state index in [1.165, 1.54) is 12.1 Å². The molecular weight excluding hydrogens is 255 g/mol. The highest BCUT2D eigenvalue weighted by molar-refractivity contribution is 5.88. The molecule has 2 aromatic carbocycles. The molecule has 0 fully saturated rings. The van der Waals surface area contributed by atoms with Crippen LogP contribution >= 0.6 is 0 Å². The Balaban J connectivity index is 2.04. The summed E-state index contributed by atoms with van der Waals surface area (Å²) in [5.74, 6) is 4.01. The van der Waals surface area contributed by atoms with Gasteiger partial charge < -0.3 is 4.74 Å². The summed E-state index contributed by atoms with van der Waals surface area (Å²) in [4.78, 5) is 11.1.